The summed E-state index contributed by atoms with van der Waals surface area (Å²) in [6, 6.07) is 2.37. The molecule has 0 radical (unpaired) electrons. The molecule has 2 heteroatoms. The second kappa shape index (κ2) is 5.31. The Morgan fingerprint density at radius 1 is 1.13 bits per heavy atom. The van der Waals surface area contributed by atoms with Crippen molar-refractivity contribution >= 4 is 0 Å². The Hall–Kier alpha value is -0.0800. The summed E-state index contributed by atoms with van der Waals surface area (Å²) >= 11 is 0. The molecule has 0 spiro atoms. The summed E-state index contributed by atoms with van der Waals surface area (Å²) in [6.45, 7) is 7.23. The van der Waals surface area contributed by atoms with Crippen molar-refractivity contribution in [1.82, 2.24) is 10.2 Å². The highest BCUT2D eigenvalue weighted by Crippen LogP contribution is 2.25. The van der Waals surface area contributed by atoms with E-state index in [1.807, 2.05) is 0 Å². The van der Waals surface area contributed by atoms with E-state index < -0.39 is 0 Å². The van der Waals surface area contributed by atoms with E-state index in [0.717, 1.165) is 18.1 Å². The summed E-state index contributed by atoms with van der Waals surface area (Å²) in [5.41, 5.74) is 0. The molecule has 1 aliphatic heterocycles. The highest BCUT2D eigenvalue weighted by molar-refractivity contribution is 4.85. The van der Waals surface area contributed by atoms with Gasteiger partial charge in [0.2, 0.25) is 0 Å². The van der Waals surface area contributed by atoms with Gasteiger partial charge in [0, 0.05) is 24.7 Å². The van der Waals surface area contributed by atoms with E-state index in [0.29, 0.717) is 0 Å². The predicted octanol–water partition coefficient (Wildman–Crippen LogP) is 2.39. The van der Waals surface area contributed by atoms with Crippen molar-refractivity contribution in [3.8, 4) is 0 Å². The molecule has 0 aromatic rings. The molecule has 15 heavy (non-hydrogen) atoms. The van der Waals surface area contributed by atoms with Gasteiger partial charge in [-0.1, -0.05) is 12.8 Å². The van der Waals surface area contributed by atoms with Crippen LogP contribution in [0.2, 0.25) is 0 Å². The second-order valence-corrected chi connectivity index (χ2v) is 5.52. The van der Waals surface area contributed by atoms with Gasteiger partial charge in [-0.2, -0.15) is 0 Å². The van der Waals surface area contributed by atoms with Gasteiger partial charge in [0.1, 0.15) is 0 Å². The first-order valence-electron chi connectivity index (χ1n) is 6.76. The summed E-state index contributed by atoms with van der Waals surface area (Å²) in [6.07, 6.45) is 8.53. The molecule has 1 saturated heterocycles. The minimum absolute atomic E-state index is 0.718. The van der Waals surface area contributed by atoms with E-state index in [1.165, 1.54) is 51.6 Å². The Bertz CT molecular complexity index is 179. The first-order chi connectivity index (χ1) is 7.27. The maximum absolute atomic E-state index is 3.62. The summed E-state index contributed by atoms with van der Waals surface area (Å²) < 4.78 is 0. The smallest absolute Gasteiger partial charge is 0.0195 e. The van der Waals surface area contributed by atoms with Crippen LogP contribution in [0.15, 0.2) is 0 Å². The van der Waals surface area contributed by atoms with E-state index >= 15 is 0 Å². The van der Waals surface area contributed by atoms with Crippen molar-refractivity contribution in [3.05, 3.63) is 0 Å². The van der Waals surface area contributed by atoms with Crippen molar-refractivity contribution in [1.29, 1.82) is 0 Å². The Labute approximate surface area is 94.4 Å². The minimum Gasteiger partial charge on any atom is -0.313 e. The van der Waals surface area contributed by atoms with E-state index in [9.17, 15) is 0 Å². The molecule has 2 rings (SSSR count). The third kappa shape index (κ3) is 2.94. The molecule has 1 N–H and O–H groups in total. The van der Waals surface area contributed by atoms with Crippen LogP contribution in [-0.2, 0) is 0 Å². The summed E-state index contributed by atoms with van der Waals surface area (Å²) in [4.78, 5) is 2.75. The van der Waals surface area contributed by atoms with Crippen LogP contribution in [0.3, 0.4) is 0 Å². The standard InChI is InChI=1S/C13H26N2/c1-11(2)15(13-7-3-4-8-13)10-12-6-5-9-14-12/h11-14H,3-10H2,1-2H3. The van der Waals surface area contributed by atoms with Crippen LogP contribution in [0.1, 0.15) is 52.4 Å². The number of nitrogens with zero attached hydrogens (tertiary/aromatic N) is 1. The van der Waals surface area contributed by atoms with Crippen LogP contribution >= 0.6 is 0 Å². The third-order valence-corrected chi connectivity index (χ3v) is 4.05. The third-order valence-electron chi connectivity index (χ3n) is 4.05. The lowest BCUT2D eigenvalue weighted by molar-refractivity contribution is 0.141. The number of hydrogen-bond acceptors (Lipinski definition) is 2. The van der Waals surface area contributed by atoms with Gasteiger partial charge >= 0.3 is 0 Å². The molecule has 2 nitrogen and oxygen atoms in total. The summed E-state index contributed by atoms with van der Waals surface area (Å²) in [5, 5.41) is 3.62. The molecule has 0 aromatic carbocycles. The fourth-order valence-electron chi connectivity index (χ4n) is 3.18. The molecular formula is C13H26N2. The molecule has 0 amide bonds. The molecule has 88 valence electrons. The van der Waals surface area contributed by atoms with Gasteiger partial charge in [0.05, 0.1) is 0 Å². The van der Waals surface area contributed by atoms with E-state index in [-0.39, 0.29) is 0 Å². The first kappa shape index (κ1) is 11.4. The van der Waals surface area contributed by atoms with Gasteiger partial charge in [0.15, 0.2) is 0 Å². The highest BCUT2D eigenvalue weighted by atomic mass is 15.2. The van der Waals surface area contributed by atoms with Crippen molar-refractivity contribution in [2.45, 2.75) is 70.5 Å². The van der Waals surface area contributed by atoms with Crippen molar-refractivity contribution in [2.75, 3.05) is 13.1 Å². The average molecular weight is 210 g/mol. The molecule has 1 heterocycles. The van der Waals surface area contributed by atoms with Gasteiger partial charge in [-0.3, -0.25) is 4.90 Å². The zero-order valence-electron chi connectivity index (χ0n) is 10.3. The molecule has 1 atom stereocenters. The molecule has 0 bridgehead atoms. The zero-order chi connectivity index (χ0) is 10.7. The lowest BCUT2D eigenvalue weighted by Gasteiger charge is -2.34. The molecule has 1 unspecified atom stereocenters. The zero-order valence-corrected chi connectivity index (χ0v) is 10.3. The van der Waals surface area contributed by atoms with Crippen LogP contribution in [0, 0.1) is 0 Å². The fraction of sp³-hybridized carbons (Fsp3) is 1.00. The lowest BCUT2D eigenvalue weighted by Crippen LogP contribution is -2.46. The van der Waals surface area contributed by atoms with Gasteiger partial charge in [-0.25, -0.2) is 0 Å². The lowest BCUT2D eigenvalue weighted by atomic mass is 10.1. The van der Waals surface area contributed by atoms with Gasteiger partial charge in [0.25, 0.3) is 0 Å². The maximum Gasteiger partial charge on any atom is 0.0195 e. The topological polar surface area (TPSA) is 15.3 Å². The van der Waals surface area contributed by atoms with Crippen LogP contribution in [0.4, 0.5) is 0 Å². The van der Waals surface area contributed by atoms with Crippen LogP contribution in [0.25, 0.3) is 0 Å². The summed E-state index contributed by atoms with van der Waals surface area (Å²) in [7, 11) is 0. The van der Waals surface area contributed by atoms with Crippen molar-refractivity contribution in [3.63, 3.8) is 0 Å². The van der Waals surface area contributed by atoms with Crippen LogP contribution in [-0.4, -0.2) is 36.1 Å². The number of nitrogens with one attached hydrogen (secondary N) is 1. The molecular weight excluding hydrogens is 184 g/mol. The SMILES string of the molecule is CC(C)N(CC1CCCN1)C1CCCC1. The van der Waals surface area contributed by atoms with E-state index in [1.54, 1.807) is 0 Å². The van der Waals surface area contributed by atoms with E-state index in [2.05, 4.69) is 24.1 Å². The van der Waals surface area contributed by atoms with Gasteiger partial charge in [-0.15, -0.1) is 0 Å². The molecule has 1 saturated carbocycles. The maximum atomic E-state index is 3.62. The largest absolute Gasteiger partial charge is 0.313 e. The Morgan fingerprint density at radius 3 is 2.40 bits per heavy atom. The van der Waals surface area contributed by atoms with Gasteiger partial charge in [-0.05, 0) is 46.1 Å². The minimum atomic E-state index is 0.718. The van der Waals surface area contributed by atoms with E-state index in [4.69, 9.17) is 0 Å². The Kier molecular flexibility index (Phi) is 4.04. The second-order valence-electron chi connectivity index (χ2n) is 5.52. The van der Waals surface area contributed by atoms with Crippen molar-refractivity contribution in [2.24, 2.45) is 0 Å². The molecule has 2 fully saturated rings. The van der Waals surface area contributed by atoms with Crippen LogP contribution in [0.5, 0.6) is 0 Å². The average Bonchev–Trinajstić information content (AvgIpc) is 2.87. The normalized spacial score (nSPS) is 28.4. The molecule has 2 aliphatic rings. The number of rotatable bonds is 4. The monoisotopic (exact) mass is 210 g/mol. The molecule has 1 aliphatic carbocycles. The van der Waals surface area contributed by atoms with Gasteiger partial charge < -0.3 is 5.32 Å². The number of hydrogen-bond donors (Lipinski definition) is 1. The fourth-order valence-corrected chi connectivity index (χ4v) is 3.18. The highest BCUT2D eigenvalue weighted by Gasteiger charge is 2.27. The van der Waals surface area contributed by atoms with Crippen LogP contribution < -0.4 is 5.32 Å². The first-order valence-corrected chi connectivity index (χ1v) is 6.76. The van der Waals surface area contributed by atoms with Crippen molar-refractivity contribution < 1.29 is 0 Å². The Balaban J connectivity index is 1.87. The summed E-state index contributed by atoms with van der Waals surface area (Å²) in [5.74, 6) is 0. The Morgan fingerprint density at radius 2 is 1.87 bits per heavy atom. The molecule has 0 aromatic heterocycles. The quantitative estimate of drug-likeness (QED) is 0.766. The predicted molar refractivity (Wildman–Crippen MR) is 65.1 cm³/mol.